The zero-order valence-electron chi connectivity index (χ0n) is 25.5. The summed E-state index contributed by atoms with van der Waals surface area (Å²) in [5, 5.41) is 34.1. The van der Waals surface area contributed by atoms with Gasteiger partial charge >= 0.3 is 0 Å². The summed E-state index contributed by atoms with van der Waals surface area (Å²) < 4.78 is 16.1. The number of rotatable bonds is 14. The van der Waals surface area contributed by atoms with Crippen molar-refractivity contribution in [1.29, 1.82) is 5.41 Å². The number of amidine groups is 1. The number of nitrogens with one attached hydrogen (secondary N) is 3. The van der Waals surface area contributed by atoms with E-state index < -0.39 is 18.1 Å². The number of anilines is 1. The molecule has 236 valence electrons. The third-order valence-electron chi connectivity index (χ3n) is 7.42. The molecule has 7 N–H and O–H groups in total. The van der Waals surface area contributed by atoms with Crippen LogP contribution in [0.25, 0.3) is 22.4 Å². The summed E-state index contributed by atoms with van der Waals surface area (Å²) in [6.07, 6.45) is -2.16. The summed E-state index contributed by atoms with van der Waals surface area (Å²) >= 11 is 0. The minimum absolute atomic E-state index is 0.0510. The molecule has 2 amide bonds. The van der Waals surface area contributed by atoms with Crippen molar-refractivity contribution in [3.8, 4) is 22.4 Å². The number of aromatic nitrogens is 1. The largest absolute Gasteiger partial charge is 0.393 e. The van der Waals surface area contributed by atoms with Crippen molar-refractivity contribution in [2.45, 2.75) is 57.8 Å². The Morgan fingerprint density at radius 1 is 0.911 bits per heavy atom. The average molecular weight is 614 g/mol. The minimum Gasteiger partial charge on any atom is -0.393 e. The molecule has 4 aromatic rings. The lowest BCUT2D eigenvalue weighted by Gasteiger charge is -2.20. The van der Waals surface area contributed by atoms with Crippen LogP contribution in [0.3, 0.4) is 0 Å². The fraction of sp³-hybridized carbons (Fsp3) is 0.286. The first-order valence-corrected chi connectivity index (χ1v) is 14.9. The van der Waals surface area contributed by atoms with Gasteiger partial charge in [0.15, 0.2) is 0 Å². The molecule has 0 unspecified atom stereocenters. The van der Waals surface area contributed by atoms with E-state index in [9.17, 15) is 24.2 Å². The van der Waals surface area contributed by atoms with E-state index in [0.717, 1.165) is 11.3 Å². The number of amides is 2. The summed E-state index contributed by atoms with van der Waals surface area (Å²) in [6, 6.07) is 24.8. The van der Waals surface area contributed by atoms with E-state index in [1.54, 1.807) is 12.1 Å². The number of nitrogens with two attached hydrogens (primary N) is 1. The molecule has 0 saturated carbocycles. The summed E-state index contributed by atoms with van der Waals surface area (Å²) in [7, 11) is 0. The zero-order chi connectivity index (χ0) is 32.5. The molecule has 0 saturated heterocycles. The Balaban J connectivity index is 1.76. The van der Waals surface area contributed by atoms with E-state index >= 15 is 0 Å². The number of hydrogen-bond acceptors (Lipinski definition) is 5. The fourth-order valence-electron chi connectivity index (χ4n) is 5.48. The maximum Gasteiger partial charge on any atom is 0.258 e. The molecular formula is C35H40FN5O4. The molecule has 0 aliphatic carbocycles. The number of carbonyl (C=O) groups excluding carboxylic acids is 2. The average Bonchev–Trinajstić information content (AvgIpc) is 3.36. The van der Waals surface area contributed by atoms with Crippen LogP contribution in [0.15, 0.2) is 84.9 Å². The van der Waals surface area contributed by atoms with Gasteiger partial charge in [0, 0.05) is 23.5 Å². The highest BCUT2D eigenvalue weighted by Gasteiger charge is 2.31. The van der Waals surface area contributed by atoms with Gasteiger partial charge in [0.05, 0.1) is 36.4 Å². The normalized spacial score (nSPS) is 12.5. The van der Waals surface area contributed by atoms with E-state index in [2.05, 4.69) is 10.6 Å². The van der Waals surface area contributed by atoms with Crippen molar-refractivity contribution < 1.29 is 24.2 Å². The molecule has 9 nitrogen and oxygen atoms in total. The number of aliphatic hydroxyl groups excluding tert-OH is 2. The molecule has 0 aliphatic heterocycles. The highest BCUT2D eigenvalue weighted by molar-refractivity contribution is 6.12. The number of hydrogen-bond donors (Lipinski definition) is 6. The Labute approximate surface area is 262 Å². The Kier molecular flexibility index (Phi) is 11.2. The summed E-state index contributed by atoms with van der Waals surface area (Å²) in [4.78, 5) is 26.2. The number of halogens is 1. The monoisotopic (exact) mass is 613 g/mol. The number of aliphatic hydroxyl groups is 2. The predicted octanol–water partition coefficient (Wildman–Crippen LogP) is 5.28. The molecule has 10 heteroatoms. The van der Waals surface area contributed by atoms with Crippen LogP contribution in [0.2, 0.25) is 0 Å². The minimum atomic E-state index is -1.11. The van der Waals surface area contributed by atoms with Gasteiger partial charge in [0.25, 0.3) is 5.91 Å². The maximum absolute atomic E-state index is 14.1. The Bertz CT molecular complexity index is 1600. The van der Waals surface area contributed by atoms with Crippen LogP contribution in [-0.2, 0) is 11.3 Å². The van der Waals surface area contributed by atoms with E-state index in [1.807, 2.05) is 79.1 Å². The second-order valence-electron chi connectivity index (χ2n) is 11.3. The van der Waals surface area contributed by atoms with Crippen LogP contribution >= 0.6 is 0 Å². The fourth-order valence-corrected chi connectivity index (χ4v) is 5.48. The summed E-state index contributed by atoms with van der Waals surface area (Å²) in [5.41, 5.74) is 10.1. The molecule has 3 aromatic carbocycles. The van der Waals surface area contributed by atoms with Crippen LogP contribution in [0.4, 0.5) is 10.1 Å². The Morgan fingerprint density at radius 3 is 2.13 bits per heavy atom. The van der Waals surface area contributed by atoms with Gasteiger partial charge in [0.1, 0.15) is 11.7 Å². The molecule has 0 aliphatic rings. The first kappa shape index (κ1) is 33.1. The van der Waals surface area contributed by atoms with E-state index in [-0.39, 0.29) is 55.8 Å². The van der Waals surface area contributed by atoms with Crippen molar-refractivity contribution in [2.24, 2.45) is 5.73 Å². The number of benzene rings is 3. The Morgan fingerprint density at radius 2 is 1.53 bits per heavy atom. The topological polar surface area (TPSA) is 153 Å². The van der Waals surface area contributed by atoms with Crippen molar-refractivity contribution in [3.05, 3.63) is 102 Å². The quantitative estimate of drug-likeness (QED) is 0.0844. The van der Waals surface area contributed by atoms with Crippen molar-refractivity contribution in [3.63, 3.8) is 0 Å². The van der Waals surface area contributed by atoms with Crippen molar-refractivity contribution in [2.75, 3.05) is 11.9 Å². The molecule has 0 bridgehead atoms. The summed E-state index contributed by atoms with van der Waals surface area (Å²) in [6.45, 7) is 4.15. The standard InChI is InChI=1S/C35H40FN5O4/c1-22(2)33-32(35(45)40-26-11-7-4-8-12-26)31(23-9-5-3-6-10-23)34(24-13-15-25(36)16-14-24)41(33)18-17-27(42)19-28(43)20-30(44)39-21-29(37)38/h3-16,22,27-28,42-43H,17-21H2,1-2H3,(H3,37,38)(H,39,44)(H,40,45)/t27-,28-/m1/s1. The van der Waals surface area contributed by atoms with Gasteiger partial charge in [-0.1, -0.05) is 62.4 Å². The smallest absolute Gasteiger partial charge is 0.258 e. The van der Waals surface area contributed by atoms with Crippen LogP contribution in [0, 0.1) is 11.2 Å². The number of para-hydroxylation sites is 1. The highest BCUT2D eigenvalue weighted by atomic mass is 19.1. The van der Waals surface area contributed by atoms with Gasteiger partial charge < -0.3 is 31.1 Å². The van der Waals surface area contributed by atoms with Crippen LogP contribution < -0.4 is 16.4 Å². The summed E-state index contributed by atoms with van der Waals surface area (Å²) in [5.74, 6) is -1.47. The molecule has 2 atom stereocenters. The molecule has 1 heterocycles. The molecular weight excluding hydrogens is 573 g/mol. The van der Waals surface area contributed by atoms with Gasteiger partial charge in [-0.2, -0.15) is 0 Å². The zero-order valence-corrected chi connectivity index (χ0v) is 25.5. The second kappa shape index (κ2) is 15.3. The van der Waals surface area contributed by atoms with Crippen LogP contribution in [0.5, 0.6) is 0 Å². The second-order valence-corrected chi connectivity index (χ2v) is 11.3. The van der Waals surface area contributed by atoms with Gasteiger partial charge in [-0.3, -0.25) is 15.0 Å². The van der Waals surface area contributed by atoms with Gasteiger partial charge in [-0.05, 0) is 66.3 Å². The molecule has 0 fully saturated rings. The van der Waals surface area contributed by atoms with E-state index in [0.29, 0.717) is 28.1 Å². The lowest BCUT2D eigenvalue weighted by atomic mass is 9.94. The van der Waals surface area contributed by atoms with Crippen molar-refractivity contribution in [1.82, 2.24) is 9.88 Å². The SMILES string of the molecule is CC(C)c1c(C(=O)Nc2ccccc2)c(-c2ccccc2)c(-c2ccc(F)cc2)n1CC[C@@H](O)C[C@@H](O)CC(=O)NCC(=N)N. The number of nitrogens with zero attached hydrogens (tertiary/aromatic N) is 1. The van der Waals surface area contributed by atoms with Gasteiger partial charge in [0.2, 0.25) is 5.91 Å². The first-order chi connectivity index (χ1) is 21.5. The van der Waals surface area contributed by atoms with Crippen molar-refractivity contribution >= 4 is 23.3 Å². The maximum atomic E-state index is 14.1. The molecule has 4 rings (SSSR count). The third kappa shape index (κ3) is 8.65. The third-order valence-corrected chi connectivity index (χ3v) is 7.42. The lowest BCUT2D eigenvalue weighted by Crippen LogP contribution is -2.35. The molecule has 0 radical (unpaired) electrons. The Hall–Kier alpha value is -4.80. The van der Waals surface area contributed by atoms with Crippen LogP contribution in [-0.4, -0.2) is 51.2 Å². The van der Waals surface area contributed by atoms with Gasteiger partial charge in [-0.25, -0.2) is 4.39 Å². The van der Waals surface area contributed by atoms with Gasteiger partial charge in [-0.15, -0.1) is 0 Å². The highest BCUT2D eigenvalue weighted by Crippen LogP contribution is 2.42. The number of carbonyl (C=O) groups is 2. The first-order valence-electron chi connectivity index (χ1n) is 14.9. The molecule has 45 heavy (non-hydrogen) atoms. The molecule has 0 spiro atoms. The predicted molar refractivity (Wildman–Crippen MR) is 175 cm³/mol. The molecule has 1 aromatic heterocycles. The van der Waals surface area contributed by atoms with E-state index in [1.165, 1.54) is 12.1 Å². The lowest BCUT2D eigenvalue weighted by molar-refractivity contribution is -0.123. The van der Waals surface area contributed by atoms with E-state index in [4.69, 9.17) is 11.1 Å². The van der Waals surface area contributed by atoms with Crippen LogP contribution in [0.1, 0.15) is 55.1 Å².